The Labute approximate surface area is 463 Å². The number of hydrogen-bond donors (Lipinski definition) is 0. The van der Waals surface area contributed by atoms with Crippen molar-refractivity contribution in [2.45, 2.75) is 297 Å². The van der Waals surface area contributed by atoms with Crippen molar-refractivity contribution in [2.75, 3.05) is 13.2 Å². The molecule has 1 unspecified atom stereocenters. The van der Waals surface area contributed by atoms with E-state index in [0.717, 1.165) is 103 Å². The van der Waals surface area contributed by atoms with Crippen LogP contribution in [0.2, 0.25) is 0 Å². The highest BCUT2D eigenvalue weighted by Gasteiger charge is 2.19. The Morgan fingerprint density at radius 3 is 0.893 bits per heavy atom. The smallest absolute Gasteiger partial charge is 0.306 e. The molecule has 6 nitrogen and oxygen atoms in total. The zero-order valence-electron chi connectivity index (χ0n) is 49.0. The highest BCUT2D eigenvalue weighted by molar-refractivity contribution is 5.71. The molecule has 0 aliphatic rings. The molecule has 0 N–H and O–H groups in total. The van der Waals surface area contributed by atoms with Gasteiger partial charge in [0, 0.05) is 19.3 Å². The maximum Gasteiger partial charge on any atom is 0.306 e. The lowest BCUT2D eigenvalue weighted by atomic mass is 10.0. The number of esters is 3. The number of rotatable bonds is 56. The summed E-state index contributed by atoms with van der Waals surface area (Å²) in [4.78, 5) is 38.2. The molecule has 0 amide bonds. The first kappa shape index (κ1) is 71.1. The van der Waals surface area contributed by atoms with Gasteiger partial charge in [-0.25, -0.2) is 0 Å². The fourth-order valence-electron chi connectivity index (χ4n) is 8.66. The van der Waals surface area contributed by atoms with Gasteiger partial charge in [-0.3, -0.25) is 14.4 Å². The van der Waals surface area contributed by atoms with E-state index < -0.39 is 6.10 Å². The Hall–Kier alpha value is -3.93. The summed E-state index contributed by atoms with van der Waals surface area (Å²) in [6.07, 6.45) is 85.4. The van der Waals surface area contributed by atoms with Gasteiger partial charge >= 0.3 is 17.9 Å². The van der Waals surface area contributed by atoms with Crippen LogP contribution in [0.25, 0.3) is 0 Å². The van der Waals surface area contributed by atoms with Crippen molar-refractivity contribution in [3.05, 3.63) is 109 Å². The maximum absolute atomic E-state index is 12.9. The van der Waals surface area contributed by atoms with Crippen molar-refractivity contribution in [1.82, 2.24) is 0 Å². The first-order valence-electron chi connectivity index (χ1n) is 31.4. The third-order valence-corrected chi connectivity index (χ3v) is 13.3. The number of ether oxygens (including phenoxy) is 3. The van der Waals surface area contributed by atoms with Crippen LogP contribution in [0.5, 0.6) is 0 Å². The van der Waals surface area contributed by atoms with Gasteiger partial charge in [-0.15, -0.1) is 0 Å². The first-order valence-corrected chi connectivity index (χ1v) is 31.4. The molecular formula is C69H116O6. The molecule has 0 fully saturated rings. The van der Waals surface area contributed by atoms with Gasteiger partial charge in [-0.05, 0) is 89.9 Å². The Morgan fingerprint density at radius 2 is 0.547 bits per heavy atom. The Kier molecular flexibility index (Phi) is 59.3. The average Bonchev–Trinajstić information content (AvgIpc) is 3.41. The van der Waals surface area contributed by atoms with Crippen LogP contribution in [0.4, 0.5) is 0 Å². The largest absolute Gasteiger partial charge is 0.462 e. The minimum Gasteiger partial charge on any atom is -0.462 e. The fraction of sp³-hybridized carbons (Fsp3) is 0.696. The Morgan fingerprint density at radius 1 is 0.280 bits per heavy atom. The highest BCUT2D eigenvalue weighted by atomic mass is 16.6. The molecular weight excluding hydrogens is 925 g/mol. The summed E-state index contributed by atoms with van der Waals surface area (Å²) < 4.78 is 16.8. The van der Waals surface area contributed by atoms with E-state index in [-0.39, 0.29) is 37.5 Å². The molecule has 0 bridgehead atoms. The van der Waals surface area contributed by atoms with E-state index >= 15 is 0 Å². The van der Waals surface area contributed by atoms with Gasteiger partial charge in [-0.1, -0.05) is 291 Å². The second-order valence-electron chi connectivity index (χ2n) is 20.6. The van der Waals surface area contributed by atoms with Gasteiger partial charge in [-0.2, -0.15) is 0 Å². The van der Waals surface area contributed by atoms with E-state index in [1.165, 1.54) is 141 Å². The first-order chi connectivity index (χ1) is 37.0. The van der Waals surface area contributed by atoms with Crippen molar-refractivity contribution >= 4 is 17.9 Å². The molecule has 0 saturated heterocycles. The van der Waals surface area contributed by atoms with Gasteiger partial charge in [0.15, 0.2) is 6.10 Å². The standard InChI is InChI=1S/C69H116O6/c1-4-7-10-13-16-19-22-25-27-29-31-32-33-34-35-36-38-39-41-44-47-50-53-56-59-62-68(71)74-65-66(64-73-67(70)61-58-55-52-49-46-43-24-21-18-15-12-9-6-3)75-69(72)63-60-57-54-51-48-45-42-40-37-30-28-26-23-20-17-14-11-8-5-2/h7,9-10,12,16,18-19,21,25,27,31-32,34-35,43,46,52,55,66H,4-6,8,11,13-15,17,20,22-24,26,28-30,33,36-42,44-45,47-51,53-54,56-65H2,1-3H3/b10-7-,12-9-,19-16-,21-18-,27-25-,32-31-,35-34-,46-43-,55-52-. The van der Waals surface area contributed by atoms with Crippen molar-refractivity contribution in [3.8, 4) is 0 Å². The highest BCUT2D eigenvalue weighted by Crippen LogP contribution is 2.16. The van der Waals surface area contributed by atoms with Crippen molar-refractivity contribution in [3.63, 3.8) is 0 Å². The molecule has 0 spiro atoms. The summed E-state index contributed by atoms with van der Waals surface area (Å²) in [5.74, 6) is -0.984. The van der Waals surface area contributed by atoms with E-state index in [9.17, 15) is 14.4 Å². The zero-order valence-corrected chi connectivity index (χ0v) is 49.0. The van der Waals surface area contributed by atoms with Crippen LogP contribution in [0, 0.1) is 0 Å². The van der Waals surface area contributed by atoms with Crippen LogP contribution >= 0.6 is 0 Å². The summed E-state index contributed by atoms with van der Waals surface area (Å²) >= 11 is 0. The molecule has 0 aromatic rings. The molecule has 0 saturated carbocycles. The number of unbranched alkanes of at least 4 members (excludes halogenated alkanes) is 27. The SMILES string of the molecule is CC/C=C\C/C=C\C/C=C\C/C=C\C/C=C\CCCCCCCCCCCC(=O)OCC(COC(=O)CC/C=C\C/C=C\C/C=C\C/C=C\CC)OC(=O)CCCCCCCCCCCCCCCCCCCCC. The molecule has 0 radical (unpaired) electrons. The lowest BCUT2D eigenvalue weighted by Crippen LogP contribution is -2.30. The fourth-order valence-corrected chi connectivity index (χ4v) is 8.66. The summed E-state index contributed by atoms with van der Waals surface area (Å²) in [6, 6.07) is 0. The van der Waals surface area contributed by atoms with Gasteiger partial charge in [0.05, 0.1) is 0 Å². The minimum atomic E-state index is -0.810. The summed E-state index contributed by atoms with van der Waals surface area (Å²) in [5, 5.41) is 0. The predicted octanol–water partition coefficient (Wildman–Crippen LogP) is 21.4. The van der Waals surface area contributed by atoms with Crippen LogP contribution in [0.1, 0.15) is 290 Å². The molecule has 75 heavy (non-hydrogen) atoms. The molecule has 0 aliphatic heterocycles. The summed E-state index contributed by atoms with van der Waals surface area (Å²) in [5.41, 5.74) is 0. The predicted molar refractivity (Wildman–Crippen MR) is 325 cm³/mol. The van der Waals surface area contributed by atoms with E-state index in [2.05, 4.69) is 124 Å². The molecule has 428 valence electrons. The van der Waals surface area contributed by atoms with Crippen molar-refractivity contribution in [2.24, 2.45) is 0 Å². The van der Waals surface area contributed by atoms with E-state index in [4.69, 9.17) is 14.2 Å². The third-order valence-electron chi connectivity index (χ3n) is 13.3. The van der Waals surface area contributed by atoms with E-state index in [1.807, 2.05) is 6.08 Å². The lowest BCUT2D eigenvalue weighted by molar-refractivity contribution is -0.166. The minimum absolute atomic E-state index is 0.102. The second-order valence-corrected chi connectivity index (χ2v) is 20.6. The second kappa shape index (κ2) is 62.6. The van der Waals surface area contributed by atoms with Crippen LogP contribution in [0.3, 0.4) is 0 Å². The zero-order chi connectivity index (χ0) is 54.3. The molecule has 1 atom stereocenters. The Bertz CT molecular complexity index is 1520. The topological polar surface area (TPSA) is 78.9 Å². The number of hydrogen-bond acceptors (Lipinski definition) is 6. The van der Waals surface area contributed by atoms with Crippen LogP contribution in [-0.4, -0.2) is 37.2 Å². The van der Waals surface area contributed by atoms with Gasteiger partial charge < -0.3 is 14.2 Å². The summed E-state index contributed by atoms with van der Waals surface area (Å²) in [6.45, 7) is 6.37. The molecule has 0 heterocycles. The molecule has 0 aromatic heterocycles. The molecule has 0 aromatic carbocycles. The van der Waals surface area contributed by atoms with E-state index in [0.29, 0.717) is 19.3 Å². The van der Waals surface area contributed by atoms with Gasteiger partial charge in [0.2, 0.25) is 0 Å². The van der Waals surface area contributed by atoms with Crippen LogP contribution in [0.15, 0.2) is 109 Å². The maximum atomic E-state index is 12.9. The average molecular weight is 1040 g/mol. The monoisotopic (exact) mass is 1040 g/mol. The summed E-state index contributed by atoms with van der Waals surface area (Å²) in [7, 11) is 0. The third kappa shape index (κ3) is 60.8. The van der Waals surface area contributed by atoms with E-state index in [1.54, 1.807) is 0 Å². The molecule has 0 aliphatic carbocycles. The number of carbonyl (C=O) groups is 3. The normalized spacial score (nSPS) is 12.8. The van der Waals surface area contributed by atoms with Gasteiger partial charge in [0.1, 0.15) is 13.2 Å². The molecule has 6 heteroatoms. The van der Waals surface area contributed by atoms with Crippen molar-refractivity contribution < 1.29 is 28.6 Å². The quantitative estimate of drug-likeness (QED) is 0.0261. The van der Waals surface area contributed by atoms with Crippen LogP contribution in [-0.2, 0) is 28.6 Å². The number of carbonyl (C=O) groups excluding carboxylic acids is 3. The Balaban J connectivity index is 4.37. The van der Waals surface area contributed by atoms with Crippen LogP contribution < -0.4 is 0 Å². The number of allylic oxidation sites excluding steroid dienone is 18. The molecule has 0 rings (SSSR count). The lowest BCUT2D eigenvalue weighted by Gasteiger charge is -2.18. The van der Waals surface area contributed by atoms with Gasteiger partial charge in [0.25, 0.3) is 0 Å². The van der Waals surface area contributed by atoms with Crippen molar-refractivity contribution in [1.29, 1.82) is 0 Å².